The van der Waals surface area contributed by atoms with Crippen molar-refractivity contribution in [3.05, 3.63) is 22.7 Å². The summed E-state index contributed by atoms with van der Waals surface area (Å²) < 4.78 is 5.10. The van der Waals surface area contributed by atoms with E-state index in [0.717, 1.165) is 12.1 Å². The number of halogens is 1. The van der Waals surface area contributed by atoms with Gasteiger partial charge in [0.1, 0.15) is 0 Å². The van der Waals surface area contributed by atoms with Crippen molar-refractivity contribution >= 4 is 11.6 Å². The van der Waals surface area contributed by atoms with Crippen LogP contribution in [0, 0.1) is 0 Å². The molecule has 0 saturated heterocycles. The summed E-state index contributed by atoms with van der Waals surface area (Å²) in [7, 11) is 3.62. The minimum Gasteiger partial charge on any atom is -0.503 e. The third-order valence-corrected chi connectivity index (χ3v) is 3.49. The van der Waals surface area contributed by atoms with E-state index in [1.807, 2.05) is 6.07 Å². The molecule has 0 saturated carbocycles. The molecule has 1 N–H and O–H groups in total. The first-order valence-electron chi connectivity index (χ1n) is 6.25. The second-order valence-corrected chi connectivity index (χ2v) is 5.09. The van der Waals surface area contributed by atoms with Gasteiger partial charge >= 0.3 is 0 Å². The van der Waals surface area contributed by atoms with Gasteiger partial charge in [-0.3, -0.25) is 4.90 Å². The van der Waals surface area contributed by atoms with Crippen molar-refractivity contribution in [2.45, 2.75) is 39.3 Å². The monoisotopic (exact) mass is 271 g/mol. The van der Waals surface area contributed by atoms with E-state index in [1.54, 1.807) is 6.07 Å². The molecule has 0 aliphatic carbocycles. The van der Waals surface area contributed by atoms with Crippen molar-refractivity contribution in [3.63, 3.8) is 0 Å². The minimum absolute atomic E-state index is 0.00664. The lowest BCUT2D eigenvalue weighted by Gasteiger charge is -2.24. The molecule has 0 fully saturated rings. The van der Waals surface area contributed by atoms with Crippen LogP contribution in [0.1, 0.15) is 32.3 Å². The summed E-state index contributed by atoms with van der Waals surface area (Å²) in [5, 5.41) is 10.0. The van der Waals surface area contributed by atoms with E-state index in [-0.39, 0.29) is 5.75 Å². The lowest BCUT2D eigenvalue weighted by atomic mass is 10.1. The molecule has 18 heavy (non-hydrogen) atoms. The zero-order valence-corrected chi connectivity index (χ0v) is 12.3. The van der Waals surface area contributed by atoms with Gasteiger partial charge in [-0.25, -0.2) is 0 Å². The fourth-order valence-corrected chi connectivity index (χ4v) is 2.19. The molecule has 1 aromatic rings. The Labute approximate surface area is 114 Å². The van der Waals surface area contributed by atoms with Gasteiger partial charge in [0.05, 0.1) is 12.1 Å². The molecule has 1 aromatic carbocycles. The SMILES string of the molecule is CCCC(C)N(C)Cc1cc(Cl)c(O)c(OC)c1. The normalized spacial score (nSPS) is 12.8. The van der Waals surface area contributed by atoms with Crippen molar-refractivity contribution in [3.8, 4) is 11.5 Å². The number of hydrogen-bond acceptors (Lipinski definition) is 3. The molecule has 3 nitrogen and oxygen atoms in total. The van der Waals surface area contributed by atoms with E-state index in [2.05, 4.69) is 25.8 Å². The summed E-state index contributed by atoms with van der Waals surface area (Å²) in [6.45, 7) is 5.19. The van der Waals surface area contributed by atoms with E-state index in [1.165, 1.54) is 20.0 Å². The lowest BCUT2D eigenvalue weighted by molar-refractivity contribution is 0.236. The van der Waals surface area contributed by atoms with Crippen molar-refractivity contribution in [2.24, 2.45) is 0 Å². The standard InChI is InChI=1S/C14H22ClNO2/c1-5-6-10(2)16(3)9-11-7-12(15)14(17)13(8-11)18-4/h7-8,10,17H,5-6,9H2,1-4H3. The maximum atomic E-state index is 9.68. The second-order valence-electron chi connectivity index (χ2n) is 4.68. The highest BCUT2D eigenvalue weighted by Gasteiger charge is 2.13. The van der Waals surface area contributed by atoms with Crippen LogP contribution < -0.4 is 4.74 Å². The van der Waals surface area contributed by atoms with Crippen LogP contribution in [0.2, 0.25) is 5.02 Å². The van der Waals surface area contributed by atoms with Crippen LogP contribution in [0.4, 0.5) is 0 Å². The topological polar surface area (TPSA) is 32.7 Å². The zero-order chi connectivity index (χ0) is 13.7. The van der Waals surface area contributed by atoms with Gasteiger partial charge in [0.25, 0.3) is 0 Å². The number of nitrogens with zero attached hydrogens (tertiary/aromatic N) is 1. The molecule has 0 heterocycles. The van der Waals surface area contributed by atoms with Crippen LogP contribution in [-0.2, 0) is 6.54 Å². The van der Waals surface area contributed by atoms with Crippen LogP contribution in [-0.4, -0.2) is 30.2 Å². The lowest BCUT2D eigenvalue weighted by Crippen LogP contribution is -2.28. The molecule has 0 aliphatic rings. The van der Waals surface area contributed by atoms with Gasteiger partial charge in [0.15, 0.2) is 11.5 Å². The Hall–Kier alpha value is -0.930. The molecule has 0 aliphatic heterocycles. The Morgan fingerprint density at radius 3 is 2.67 bits per heavy atom. The van der Waals surface area contributed by atoms with E-state index in [4.69, 9.17) is 16.3 Å². The average Bonchev–Trinajstić information content (AvgIpc) is 2.33. The Balaban J connectivity index is 2.81. The van der Waals surface area contributed by atoms with Crippen LogP contribution in [0.3, 0.4) is 0 Å². The van der Waals surface area contributed by atoms with E-state index in [0.29, 0.717) is 16.8 Å². The Bertz CT molecular complexity index is 396. The Morgan fingerprint density at radius 2 is 2.11 bits per heavy atom. The van der Waals surface area contributed by atoms with Gasteiger partial charge in [-0.2, -0.15) is 0 Å². The molecule has 1 rings (SSSR count). The number of methoxy groups -OCH3 is 1. The summed E-state index contributed by atoms with van der Waals surface area (Å²) in [6.07, 6.45) is 2.34. The number of ether oxygens (including phenoxy) is 1. The summed E-state index contributed by atoms with van der Waals surface area (Å²) >= 11 is 5.97. The predicted molar refractivity (Wildman–Crippen MR) is 75.5 cm³/mol. The highest BCUT2D eigenvalue weighted by molar-refractivity contribution is 6.32. The highest BCUT2D eigenvalue weighted by atomic mass is 35.5. The molecule has 0 radical (unpaired) electrons. The fourth-order valence-electron chi connectivity index (χ4n) is 1.96. The van der Waals surface area contributed by atoms with Gasteiger partial charge < -0.3 is 9.84 Å². The first kappa shape index (κ1) is 15.1. The molecule has 1 unspecified atom stereocenters. The maximum absolute atomic E-state index is 9.68. The van der Waals surface area contributed by atoms with Gasteiger partial charge in [-0.05, 0) is 38.1 Å². The molecule has 1 atom stereocenters. The molecule has 0 bridgehead atoms. The number of benzene rings is 1. The second kappa shape index (κ2) is 6.86. The van der Waals surface area contributed by atoms with Gasteiger partial charge in [-0.15, -0.1) is 0 Å². The third-order valence-electron chi connectivity index (χ3n) is 3.20. The van der Waals surface area contributed by atoms with Crippen LogP contribution in [0.15, 0.2) is 12.1 Å². The molecular weight excluding hydrogens is 250 g/mol. The molecule has 0 amide bonds. The summed E-state index contributed by atoms with van der Waals surface area (Å²) in [6, 6.07) is 4.14. The number of phenolic OH excluding ortho intramolecular Hbond substituents is 1. The predicted octanol–water partition coefficient (Wildman–Crippen LogP) is 3.67. The van der Waals surface area contributed by atoms with Crippen molar-refractivity contribution < 1.29 is 9.84 Å². The Kier molecular flexibility index (Phi) is 5.76. The van der Waals surface area contributed by atoms with Crippen molar-refractivity contribution in [2.75, 3.05) is 14.2 Å². The Morgan fingerprint density at radius 1 is 1.44 bits per heavy atom. The van der Waals surface area contributed by atoms with Crippen LogP contribution in [0.25, 0.3) is 0 Å². The minimum atomic E-state index is 0.00664. The number of phenols is 1. The van der Waals surface area contributed by atoms with Gasteiger partial charge in [0.2, 0.25) is 0 Å². The summed E-state index contributed by atoms with van der Waals surface area (Å²) in [5.41, 5.74) is 1.04. The first-order valence-corrected chi connectivity index (χ1v) is 6.63. The van der Waals surface area contributed by atoms with Gasteiger partial charge in [0, 0.05) is 12.6 Å². The molecule has 0 aromatic heterocycles. The quantitative estimate of drug-likeness (QED) is 0.857. The van der Waals surface area contributed by atoms with Crippen LogP contribution >= 0.6 is 11.6 Å². The molecule has 4 heteroatoms. The number of aromatic hydroxyl groups is 1. The molecule has 0 spiro atoms. The van der Waals surface area contributed by atoms with Crippen molar-refractivity contribution in [1.82, 2.24) is 4.90 Å². The number of hydrogen-bond donors (Lipinski definition) is 1. The number of rotatable bonds is 6. The zero-order valence-electron chi connectivity index (χ0n) is 11.5. The average molecular weight is 272 g/mol. The van der Waals surface area contributed by atoms with E-state index in [9.17, 15) is 5.11 Å². The third kappa shape index (κ3) is 3.79. The van der Waals surface area contributed by atoms with E-state index < -0.39 is 0 Å². The maximum Gasteiger partial charge on any atom is 0.176 e. The smallest absolute Gasteiger partial charge is 0.176 e. The summed E-state index contributed by atoms with van der Waals surface area (Å²) in [5.74, 6) is 0.432. The van der Waals surface area contributed by atoms with Crippen molar-refractivity contribution in [1.29, 1.82) is 0 Å². The highest BCUT2D eigenvalue weighted by Crippen LogP contribution is 2.35. The fraction of sp³-hybridized carbons (Fsp3) is 0.571. The largest absolute Gasteiger partial charge is 0.503 e. The van der Waals surface area contributed by atoms with E-state index >= 15 is 0 Å². The van der Waals surface area contributed by atoms with Gasteiger partial charge in [-0.1, -0.05) is 24.9 Å². The first-order chi connectivity index (χ1) is 8.49. The summed E-state index contributed by atoms with van der Waals surface area (Å²) in [4.78, 5) is 2.27. The molecule has 102 valence electrons. The van der Waals surface area contributed by atoms with Crippen LogP contribution in [0.5, 0.6) is 11.5 Å². The molecular formula is C14H22ClNO2.